The molecule has 1 N–H and O–H groups in total. The van der Waals surface area contributed by atoms with E-state index in [4.69, 9.17) is 0 Å². The lowest BCUT2D eigenvalue weighted by molar-refractivity contribution is 0.254. The summed E-state index contributed by atoms with van der Waals surface area (Å²) in [7, 11) is 0. The van der Waals surface area contributed by atoms with Gasteiger partial charge < -0.3 is 5.32 Å². The summed E-state index contributed by atoms with van der Waals surface area (Å²) in [5.41, 5.74) is 4.43. The van der Waals surface area contributed by atoms with Gasteiger partial charge in [-0.2, -0.15) is 0 Å². The summed E-state index contributed by atoms with van der Waals surface area (Å²) in [6, 6.07) is 23.1. The van der Waals surface area contributed by atoms with Crippen molar-refractivity contribution in [2.75, 3.05) is 5.32 Å². The van der Waals surface area contributed by atoms with Crippen LogP contribution in [0, 0.1) is 11.8 Å². The molecule has 3 aromatic carbocycles. The fourth-order valence-electron chi connectivity index (χ4n) is 6.24. The Balaban J connectivity index is 1.44. The van der Waals surface area contributed by atoms with Crippen molar-refractivity contribution >= 4 is 28.2 Å². The number of fused-ring (bicyclic) bond motifs is 12. The van der Waals surface area contributed by atoms with Gasteiger partial charge in [0.1, 0.15) is 0 Å². The second kappa shape index (κ2) is 5.55. The molecule has 7 rings (SSSR count). The van der Waals surface area contributed by atoms with Gasteiger partial charge in [0.25, 0.3) is 0 Å². The fraction of sp³-hybridized carbons (Fsp3) is 0.231. The normalized spacial score (nSPS) is 33.6. The van der Waals surface area contributed by atoms with E-state index in [2.05, 4.69) is 102 Å². The molecule has 136 valence electrons. The Bertz CT molecular complexity index is 1180. The average molecular weight is 380 g/mol. The highest BCUT2D eigenvalue weighted by Crippen LogP contribution is 2.63. The van der Waals surface area contributed by atoms with Gasteiger partial charge in [-0.3, -0.25) is 0 Å². The van der Waals surface area contributed by atoms with Gasteiger partial charge in [0.05, 0.1) is 0 Å². The van der Waals surface area contributed by atoms with Crippen LogP contribution >= 0.6 is 11.8 Å². The molecular formula is C26H21NS. The number of benzene rings is 3. The van der Waals surface area contributed by atoms with Crippen molar-refractivity contribution in [1.29, 1.82) is 0 Å². The first-order chi connectivity index (χ1) is 13.9. The van der Waals surface area contributed by atoms with Crippen molar-refractivity contribution in [3.63, 3.8) is 0 Å². The van der Waals surface area contributed by atoms with Crippen molar-refractivity contribution in [2.45, 2.75) is 28.0 Å². The first-order valence-electron chi connectivity index (χ1n) is 10.3. The summed E-state index contributed by atoms with van der Waals surface area (Å²) in [5, 5.41) is 7.32. The molecule has 6 atom stereocenters. The molecule has 0 spiro atoms. The second-order valence-electron chi connectivity index (χ2n) is 8.52. The van der Waals surface area contributed by atoms with Gasteiger partial charge in [0.15, 0.2) is 0 Å². The Hall–Kier alpha value is -2.45. The second-order valence-corrected chi connectivity index (χ2v) is 9.71. The molecule has 2 aliphatic carbocycles. The number of hydrogen-bond donors (Lipinski definition) is 1. The Kier molecular flexibility index (Phi) is 3.06. The van der Waals surface area contributed by atoms with Gasteiger partial charge in [0, 0.05) is 33.7 Å². The molecule has 0 aromatic heterocycles. The van der Waals surface area contributed by atoms with Crippen LogP contribution in [0.15, 0.2) is 89.9 Å². The number of anilines is 1. The van der Waals surface area contributed by atoms with Gasteiger partial charge in [-0.25, -0.2) is 0 Å². The van der Waals surface area contributed by atoms with Crippen LogP contribution in [0.3, 0.4) is 0 Å². The maximum atomic E-state index is 3.94. The molecule has 0 bridgehead atoms. The largest absolute Gasteiger partial charge is 0.380 e. The minimum Gasteiger partial charge on any atom is -0.380 e. The summed E-state index contributed by atoms with van der Waals surface area (Å²) in [6.45, 7) is 0. The predicted octanol–water partition coefficient (Wildman–Crippen LogP) is 6.35. The number of rotatable bonds is 0. The molecule has 5 unspecified atom stereocenters. The molecule has 2 aliphatic heterocycles. The summed E-state index contributed by atoms with van der Waals surface area (Å²) < 4.78 is 0. The number of para-hydroxylation sites is 1. The van der Waals surface area contributed by atoms with Crippen LogP contribution in [0.2, 0.25) is 0 Å². The van der Waals surface area contributed by atoms with E-state index < -0.39 is 0 Å². The van der Waals surface area contributed by atoms with E-state index in [1.54, 1.807) is 5.56 Å². The molecule has 1 saturated carbocycles. The molecule has 0 radical (unpaired) electrons. The van der Waals surface area contributed by atoms with Crippen LogP contribution in [0.1, 0.15) is 23.0 Å². The van der Waals surface area contributed by atoms with Crippen LogP contribution < -0.4 is 5.32 Å². The molecule has 2 heteroatoms. The molecule has 3 aromatic rings. The van der Waals surface area contributed by atoms with Crippen LogP contribution in [0.4, 0.5) is 5.69 Å². The highest BCUT2D eigenvalue weighted by atomic mass is 32.2. The maximum Gasteiger partial charge on any atom is 0.0465 e. The zero-order valence-corrected chi connectivity index (χ0v) is 16.3. The van der Waals surface area contributed by atoms with Crippen molar-refractivity contribution in [2.24, 2.45) is 11.8 Å². The van der Waals surface area contributed by atoms with Crippen LogP contribution in [0.5, 0.6) is 0 Å². The van der Waals surface area contributed by atoms with Crippen LogP contribution in [0.25, 0.3) is 10.8 Å². The fourth-order valence-corrected chi connectivity index (χ4v) is 8.02. The number of nitrogens with one attached hydrogen (secondary N) is 1. The number of allylic oxidation sites excluding steroid dienone is 4. The summed E-state index contributed by atoms with van der Waals surface area (Å²) in [4.78, 5) is 1.52. The Labute approximate surface area is 169 Å². The van der Waals surface area contributed by atoms with E-state index in [1.165, 1.54) is 26.9 Å². The molecule has 0 amide bonds. The molecule has 28 heavy (non-hydrogen) atoms. The minimum absolute atomic E-state index is 0.496. The highest BCUT2D eigenvalue weighted by molar-refractivity contribution is 8.00. The van der Waals surface area contributed by atoms with E-state index >= 15 is 0 Å². The van der Waals surface area contributed by atoms with E-state index in [0.717, 1.165) is 0 Å². The average Bonchev–Trinajstić information content (AvgIpc) is 3.33. The minimum atomic E-state index is 0.496. The van der Waals surface area contributed by atoms with Crippen molar-refractivity contribution in [3.8, 4) is 0 Å². The Morgan fingerprint density at radius 1 is 0.714 bits per heavy atom. The lowest BCUT2D eigenvalue weighted by Crippen LogP contribution is -2.47. The zero-order chi connectivity index (χ0) is 18.2. The topological polar surface area (TPSA) is 12.0 Å². The molecule has 2 heterocycles. The Morgan fingerprint density at radius 2 is 1.50 bits per heavy atom. The standard InChI is InChI=1S/C26H21NS/c1-2-8-16-15(7-1)13-14-20-23-18-10-4-3-9-17(18)22-19-11-5-6-12-21(19)27-24(22)26(23)28-25(16)20/h1-14,17-18,22-24,26-27H/t17?,18?,22?,23-,24?,26?/m1/s1. The van der Waals surface area contributed by atoms with Gasteiger partial charge in [-0.05, 0) is 39.8 Å². The van der Waals surface area contributed by atoms with E-state index in [9.17, 15) is 0 Å². The maximum absolute atomic E-state index is 3.94. The van der Waals surface area contributed by atoms with Crippen LogP contribution in [-0.2, 0) is 0 Å². The third-order valence-corrected chi connectivity index (χ3v) is 8.86. The summed E-state index contributed by atoms with van der Waals surface area (Å²) >= 11 is 2.13. The number of hydrogen-bond acceptors (Lipinski definition) is 2. The third-order valence-electron chi connectivity index (χ3n) is 7.31. The molecular weight excluding hydrogens is 358 g/mol. The van der Waals surface area contributed by atoms with Crippen molar-refractivity contribution in [1.82, 2.24) is 0 Å². The lowest BCUT2D eigenvalue weighted by atomic mass is 9.60. The number of thioether (sulfide) groups is 1. The van der Waals surface area contributed by atoms with Gasteiger partial charge in [-0.1, -0.05) is 78.9 Å². The van der Waals surface area contributed by atoms with E-state index in [1.807, 2.05) is 0 Å². The molecule has 1 nitrogen and oxygen atoms in total. The zero-order valence-electron chi connectivity index (χ0n) is 15.5. The van der Waals surface area contributed by atoms with Crippen molar-refractivity contribution in [3.05, 3.63) is 96.1 Å². The SMILES string of the molecule is C1=CC2C3c4ccccc4NC3C3Sc4c(ccc5ccccc45)[C@H]3C2C=C1. The lowest BCUT2D eigenvalue weighted by Gasteiger charge is -2.46. The molecule has 0 saturated heterocycles. The summed E-state index contributed by atoms with van der Waals surface area (Å²) in [5.74, 6) is 2.31. The monoisotopic (exact) mass is 379 g/mol. The molecule has 1 fully saturated rings. The van der Waals surface area contributed by atoms with Crippen molar-refractivity contribution < 1.29 is 0 Å². The van der Waals surface area contributed by atoms with Gasteiger partial charge >= 0.3 is 0 Å². The quantitative estimate of drug-likeness (QED) is 0.488. The summed E-state index contributed by atoms with van der Waals surface area (Å²) in [6.07, 6.45) is 9.51. The van der Waals surface area contributed by atoms with Gasteiger partial charge in [0.2, 0.25) is 0 Å². The van der Waals surface area contributed by atoms with Gasteiger partial charge in [-0.15, -0.1) is 11.8 Å². The first-order valence-corrected chi connectivity index (χ1v) is 11.2. The molecule has 4 aliphatic rings. The Morgan fingerprint density at radius 3 is 2.43 bits per heavy atom. The smallest absolute Gasteiger partial charge is 0.0465 e. The highest BCUT2D eigenvalue weighted by Gasteiger charge is 2.56. The van der Waals surface area contributed by atoms with E-state index in [-0.39, 0.29) is 0 Å². The first kappa shape index (κ1) is 15.5. The predicted molar refractivity (Wildman–Crippen MR) is 118 cm³/mol. The van der Waals surface area contributed by atoms with Crippen LogP contribution in [-0.4, -0.2) is 11.3 Å². The third kappa shape index (κ3) is 1.89. The van der Waals surface area contributed by atoms with E-state index in [0.29, 0.717) is 35.0 Å².